The maximum Gasteiger partial charge on any atom is 0.258 e. The average Bonchev–Trinajstić information content (AvgIpc) is 3.26. The van der Waals surface area contributed by atoms with Gasteiger partial charge in [0.2, 0.25) is 5.91 Å². The third kappa shape index (κ3) is 4.22. The molecule has 1 aliphatic heterocycles. The van der Waals surface area contributed by atoms with Crippen LogP contribution in [-0.2, 0) is 11.4 Å². The van der Waals surface area contributed by atoms with Crippen molar-refractivity contribution in [1.82, 2.24) is 14.9 Å². The molecule has 0 N–H and O–H groups in total. The highest BCUT2D eigenvalue weighted by Crippen LogP contribution is 2.31. The molecule has 1 aromatic heterocycles. The molecule has 1 saturated heterocycles. The summed E-state index contributed by atoms with van der Waals surface area (Å²) in [4.78, 5) is 26.1. The van der Waals surface area contributed by atoms with Gasteiger partial charge in [-0.25, -0.2) is 9.97 Å². The zero-order valence-electron chi connectivity index (χ0n) is 17.8. The summed E-state index contributed by atoms with van der Waals surface area (Å²) in [6, 6.07) is 18.1. The van der Waals surface area contributed by atoms with Crippen molar-refractivity contribution in [3.8, 4) is 5.88 Å². The van der Waals surface area contributed by atoms with Crippen LogP contribution in [0.15, 0.2) is 54.6 Å². The number of para-hydroxylation sites is 2. The van der Waals surface area contributed by atoms with Crippen LogP contribution in [0, 0.1) is 5.92 Å². The molecule has 1 fully saturated rings. The first-order chi connectivity index (χ1) is 14.5. The smallest absolute Gasteiger partial charge is 0.258 e. The van der Waals surface area contributed by atoms with Gasteiger partial charge in [0.05, 0.1) is 17.1 Å². The molecule has 6 heteroatoms. The molecule has 2 aromatic carbocycles. The van der Waals surface area contributed by atoms with E-state index in [1.807, 2.05) is 80.4 Å². The van der Waals surface area contributed by atoms with Crippen molar-refractivity contribution in [3.63, 3.8) is 0 Å². The number of carbonyl (C=O) groups excluding carboxylic acids is 1. The van der Waals surface area contributed by atoms with Crippen LogP contribution in [0.5, 0.6) is 5.88 Å². The lowest BCUT2D eigenvalue weighted by Crippen LogP contribution is -2.41. The first kappa shape index (κ1) is 20.1. The Hall–Kier alpha value is -3.15. The van der Waals surface area contributed by atoms with Crippen LogP contribution in [0.1, 0.15) is 25.8 Å². The summed E-state index contributed by atoms with van der Waals surface area (Å²) < 4.78 is 6.13. The largest absolute Gasteiger partial charge is 0.470 e. The number of aromatic nitrogens is 2. The molecule has 1 aliphatic rings. The number of ether oxygens (including phenoxy) is 1. The summed E-state index contributed by atoms with van der Waals surface area (Å²) in [6.07, 6.45) is 0.904. The zero-order chi connectivity index (χ0) is 21.1. The highest BCUT2D eigenvalue weighted by atomic mass is 16.5. The fourth-order valence-corrected chi connectivity index (χ4v) is 3.84. The lowest BCUT2D eigenvalue weighted by Gasteiger charge is -2.27. The predicted octanol–water partition coefficient (Wildman–Crippen LogP) is 3.90. The maximum atomic E-state index is 12.4. The lowest BCUT2D eigenvalue weighted by molar-refractivity contribution is -0.134. The Morgan fingerprint density at radius 2 is 1.77 bits per heavy atom. The first-order valence-electron chi connectivity index (χ1n) is 10.5. The Morgan fingerprint density at radius 1 is 1.10 bits per heavy atom. The van der Waals surface area contributed by atoms with E-state index >= 15 is 0 Å². The van der Waals surface area contributed by atoms with Crippen molar-refractivity contribution >= 4 is 22.8 Å². The molecule has 0 radical (unpaired) electrons. The van der Waals surface area contributed by atoms with Crippen LogP contribution >= 0.6 is 0 Å². The van der Waals surface area contributed by atoms with Crippen LogP contribution in [0.4, 0.5) is 5.82 Å². The van der Waals surface area contributed by atoms with Gasteiger partial charge in [-0.1, -0.05) is 56.3 Å². The summed E-state index contributed by atoms with van der Waals surface area (Å²) in [7, 11) is 1.90. The first-order valence-corrected chi connectivity index (χ1v) is 10.5. The number of anilines is 1. The van der Waals surface area contributed by atoms with Gasteiger partial charge in [-0.15, -0.1) is 0 Å². The van der Waals surface area contributed by atoms with Crippen molar-refractivity contribution in [2.45, 2.75) is 32.9 Å². The molecule has 0 bridgehead atoms. The van der Waals surface area contributed by atoms with E-state index in [0.717, 1.165) is 41.9 Å². The number of carbonyl (C=O) groups is 1. The zero-order valence-corrected chi connectivity index (χ0v) is 17.8. The Bertz CT molecular complexity index is 1020. The summed E-state index contributed by atoms with van der Waals surface area (Å²) in [5.74, 6) is 1.45. The van der Waals surface area contributed by atoms with E-state index < -0.39 is 0 Å². The van der Waals surface area contributed by atoms with Gasteiger partial charge in [0.1, 0.15) is 6.61 Å². The number of likely N-dealkylation sites (N-methyl/N-ethyl adjacent to an activating group) is 1. The third-order valence-corrected chi connectivity index (χ3v) is 5.59. The third-order valence-electron chi connectivity index (χ3n) is 5.59. The van der Waals surface area contributed by atoms with Crippen molar-refractivity contribution in [2.24, 2.45) is 5.92 Å². The second kappa shape index (κ2) is 8.69. The molecule has 6 nitrogen and oxygen atoms in total. The molecule has 30 heavy (non-hydrogen) atoms. The summed E-state index contributed by atoms with van der Waals surface area (Å²) >= 11 is 0. The molecule has 1 atom stereocenters. The second-order valence-corrected chi connectivity index (χ2v) is 8.11. The minimum atomic E-state index is -0.00530. The monoisotopic (exact) mass is 404 g/mol. The van der Waals surface area contributed by atoms with Gasteiger partial charge in [-0.3, -0.25) is 4.79 Å². The summed E-state index contributed by atoms with van der Waals surface area (Å²) in [6.45, 7) is 5.86. The number of amides is 1. The van der Waals surface area contributed by atoms with Gasteiger partial charge in [-0.2, -0.15) is 0 Å². The number of benzene rings is 2. The van der Waals surface area contributed by atoms with E-state index in [-0.39, 0.29) is 17.9 Å². The topological polar surface area (TPSA) is 58.6 Å². The van der Waals surface area contributed by atoms with Crippen molar-refractivity contribution in [2.75, 3.05) is 25.0 Å². The standard InChI is InChI=1S/C24H28N4O2/c1-17(2)24(29)27(3)19-13-14-28(15-19)22-23(30-16-18-9-5-4-6-10-18)26-21-12-8-7-11-20(21)25-22/h4-12,17,19H,13-16H2,1-3H3/t19-/m0/s1. The van der Waals surface area contributed by atoms with Gasteiger partial charge >= 0.3 is 0 Å². The number of rotatable bonds is 6. The fourth-order valence-electron chi connectivity index (χ4n) is 3.84. The van der Waals surface area contributed by atoms with Crippen molar-refractivity contribution in [3.05, 3.63) is 60.2 Å². The fraction of sp³-hybridized carbons (Fsp3) is 0.375. The average molecular weight is 405 g/mol. The Kier molecular flexibility index (Phi) is 5.84. The minimum absolute atomic E-state index is 0.00530. The van der Waals surface area contributed by atoms with Crippen molar-refractivity contribution in [1.29, 1.82) is 0 Å². The van der Waals surface area contributed by atoms with Gasteiger partial charge in [0.15, 0.2) is 5.82 Å². The predicted molar refractivity (Wildman–Crippen MR) is 119 cm³/mol. The van der Waals surface area contributed by atoms with Gasteiger partial charge in [-0.05, 0) is 24.1 Å². The van der Waals surface area contributed by atoms with E-state index in [1.54, 1.807) is 0 Å². The summed E-state index contributed by atoms with van der Waals surface area (Å²) in [5.41, 5.74) is 2.74. The number of fused-ring (bicyclic) bond motifs is 1. The highest BCUT2D eigenvalue weighted by molar-refractivity contribution is 5.79. The van der Waals surface area contributed by atoms with Crippen LogP contribution in [0.3, 0.4) is 0 Å². The Morgan fingerprint density at radius 3 is 2.47 bits per heavy atom. The Balaban J connectivity index is 1.60. The molecule has 0 spiro atoms. The molecule has 4 rings (SSSR count). The van der Waals surface area contributed by atoms with Gasteiger partial charge < -0.3 is 14.5 Å². The minimum Gasteiger partial charge on any atom is -0.470 e. The van der Waals surface area contributed by atoms with Crippen LogP contribution in [-0.4, -0.2) is 47.0 Å². The number of nitrogens with zero attached hydrogens (tertiary/aromatic N) is 4. The van der Waals surface area contributed by atoms with Gasteiger partial charge in [0.25, 0.3) is 5.88 Å². The van der Waals surface area contributed by atoms with Crippen LogP contribution in [0.2, 0.25) is 0 Å². The van der Waals surface area contributed by atoms with E-state index in [9.17, 15) is 4.79 Å². The Labute approximate surface area is 177 Å². The number of hydrogen-bond donors (Lipinski definition) is 0. The molecule has 156 valence electrons. The van der Waals surface area contributed by atoms with Crippen LogP contribution < -0.4 is 9.64 Å². The van der Waals surface area contributed by atoms with E-state index in [2.05, 4.69) is 4.90 Å². The molecule has 2 heterocycles. The number of hydrogen-bond acceptors (Lipinski definition) is 5. The highest BCUT2D eigenvalue weighted by Gasteiger charge is 2.32. The van der Waals surface area contributed by atoms with Crippen molar-refractivity contribution < 1.29 is 9.53 Å². The molecule has 0 saturated carbocycles. The quantitative estimate of drug-likeness (QED) is 0.624. The molecule has 0 aliphatic carbocycles. The van der Waals surface area contributed by atoms with E-state index in [0.29, 0.717) is 12.5 Å². The molecule has 1 amide bonds. The molecular formula is C24H28N4O2. The normalized spacial score (nSPS) is 16.3. The second-order valence-electron chi connectivity index (χ2n) is 8.11. The maximum absolute atomic E-state index is 12.4. The summed E-state index contributed by atoms with van der Waals surface area (Å²) in [5, 5.41) is 0. The van der Waals surface area contributed by atoms with E-state index in [1.165, 1.54) is 0 Å². The SMILES string of the molecule is CC(C)C(=O)N(C)[C@H]1CCN(c2nc3ccccc3nc2OCc2ccccc2)C1. The van der Waals surface area contributed by atoms with E-state index in [4.69, 9.17) is 14.7 Å². The van der Waals surface area contributed by atoms with Gasteiger partial charge in [0, 0.05) is 26.1 Å². The molecule has 0 unspecified atom stereocenters. The lowest BCUT2D eigenvalue weighted by atomic mass is 10.1. The van der Waals surface area contributed by atoms with Crippen LogP contribution in [0.25, 0.3) is 11.0 Å². The molecular weight excluding hydrogens is 376 g/mol. The molecule has 3 aromatic rings.